The van der Waals surface area contributed by atoms with Gasteiger partial charge in [-0.2, -0.15) is 18.2 Å². The van der Waals surface area contributed by atoms with Crippen molar-refractivity contribution in [3.63, 3.8) is 0 Å². The lowest BCUT2D eigenvalue weighted by atomic mass is 9.96. The summed E-state index contributed by atoms with van der Waals surface area (Å²) in [6.07, 6.45) is -3.81. The zero-order valence-corrected chi connectivity index (χ0v) is 29.3. The molecule has 1 saturated heterocycles. The van der Waals surface area contributed by atoms with Crippen LogP contribution < -0.4 is 16.3 Å². The van der Waals surface area contributed by atoms with E-state index in [0.717, 1.165) is 30.0 Å². The first-order chi connectivity index (χ1) is 24.0. The van der Waals surface area contributed by atoms with E-state index < -0.39 is 58.8 Å². The third kappa shape index (κ3) is 6.23. The number of alkyl halides is 3. The average Bonchev–Trinajstić information content (AvgIpc) is 3.24. The summed E-state index contributed by atoms with van der Waals surface area (Å²) in [6, 6.07) is 9.17. The molecule has 1 amide bonds. The number of amides is 1. The molecule has 1 fully saturated rings. The Bertz CT molecular complexity index is 2280. The summed E-state index contributed by atoms with van der Waals surface area (Å²) in [5, 5.41) is 4.56. The standard InChI is InChI=1S/C35H35F4N7O4S/c1-19-15-42(16-20(2)45(19)33(49)50-34(3,4)5)30-24-14-25(35(37,38)39)27(21-9-11-22(36)12-10-21)29-28(24)44(31(47)40-30)17-23(18-51-29)46-32(48)43-13-7-6-8-26(43)41-46/h6-14,19-20,23H,15-18H2,1-5H3/t19-,20+,23-/m0/s1. The lowest BCUT2D eigenvalue weighted by Gasteiger charge is -2.45. The Morgan fingerprint density at radius 1 is 0.980 bits per heavy atom. The van der Waals surface area contributed by atoms with Crippen LogP contribution in [0.3, 0.4) is 0 Å². The van der Waals surface area contributed by atoms with Gasteiger partial charge in [0.05, 0.1) is 35.8 Å². The first kappa shape index (κ1) is 34.6. The topological polar surface area (TPSA) is 107 Å². The van der Waals surface area contributed by atoms with Crippen molar-refractivity contribution in [1.82, 2.24) is 28.6 Å². The second-order valence-electron chi connectivity index (χ2n) is 14.0. The number of fused-ring (bicyclic) bond motifs is 1. The zero-order valence-electron chi connectivity index (χ0n) is 28.4. The number of ether oxygens (including phenoxy) is 1. The summed E-state index contributed by atoms with van der Waals surface area (Å²) >= 11 is 1.08. The second kappa shape index (κ2) is 12.4. The number of hydrogen-bond acceptors (Lipinski definition) is 8. The summed E-state index contributed by atoms with van der Waals surface area (Å²) in [5.41, 5.74) is -2.39. The number of carbonyl (C=O) groups excluding carboxylic acids is 1. The van der Waals surface area contributed by atoms with Crippen molar-refractivity contribution in [3.05, 3.63) is 87.1 Å². The van der Waals surface area contributed by atoms with E-state index in [-0.39, 0.29) is 58.1 Å². The molecule has 7 rings (SSSR count). The van der Waals surface area contributed by atoms with Crippen molar-refractivity contribution >= 4 is 40.2 Å². The third-order valence-electron chi connectivity index (χ3n) is 9.07. The minimum atomic E-state index is -4.85. The maximum atomic E-state index is 15.1. The molecule has 2 aromatic carbocycles. The van der Waals surface area contributed by atoms with Gasteiger partial charge in [-0.25, -0.2) is 23.5 Å². The Morgan fingerprint density at radius 3 is 2.29 bits per heavy atom. The Labute approximate surface area is 293 Å². The fraction of sp³-hybridized carbons (Fsp3) is 0.400. The van der Waals surface area contributed by atoms with Crippen molar-refractivity contribution in [2.45, 2.75) is 76.0 Å². The first-order valence-corrected chi connectivity index (χ1v) is 17.4. The third-order valence-corrected chi connectivity index (χ3v) is 10.3. The Balaban J connectivity index is 1.43. The summed E-state index contributed by atoms with van der Waals surface area (Å²) < 4.78 is 69.0. The number of aromatic nitrogens is 5. The van der Waals surface area contributed by atoms with Crippen molar-refractivity contribution in [2.24, 2.45) is 0 Å². The molecule has 0 spiro atoms. The minimum absolute atomic E-state index is 0.0511. The number of piperazine rings is 1. The summed E-state index contributed by atoms with van der Waals surface area (Å²) in [4.78, 5) is 48.6. The number of halogens is 4. The molecular formula is C35H35F4N7O4S. The molecule has 0 N–H and O–H groups in total. The van der Waals surface area contributed by atoms with Crippen LogP contribution in [0.2, 0.25) is 0 Å². The molecule has 268 valence electrons. The van der Waals surface area contributed by atoms with E-state index in [1.165, 1.54) is 25.8 Å². The summed E-state index contributed by atoms with van der Waals surface area (Å²) in [7, 11) is 0. The van der Waals surface area contributed by atoms with Gasteiger partial charge in [0.25, 0.3) is 0 Å². The van der Waals surface area contributed by atoms with Crippen molar-refractivity contribution in [2.75, 3.05) is 23.7 Å². The predicted molar refractivity (Wildman–Crippen MR) is 185 cm³/mol. The van der Waals surface area contributed by atoms with Gasteiger partial charge < -0.3 is 9.64 Å². The maximum absolute atomic E-state index is 15.1. The van der Waals surface area contributed by atoms with E-state index in [2.05, 4.69) is 10.1 Å². The Kier molecular flexibility index (Phi) is 8.42. The van der Waals surface area contributed by atoms with Crippen molar-refractivity contribution in [3.8, 4) is 11.1 Å². The molecule has 5 heterocycles. The van der Waals surface area contributed by atoms with Gasteiger partial charge in [0, 0.05) is 40.9 Å². The van der Waals surface area contributed by atoms with Crippen molar-refractivity contribution < 1.29 is 27.1 Å². The SMILES string of the molecule is C[C@@H]1CN(c2nc(=O)n3c4c(c(-c5ccc(F)cc5)c(C(F)(F)F)cc24)SC[C@@H](n2nc4ccccn4c2=O)C3)C[C@H](C)N1C(=O)OC(C)(C)C. The van der Waals surface area contributed by atoms with Crippen LogP contribution >= 0.6 is 11.8 Å². The molecule has 0 bridgehead atoms. The highest BCUT2D eigenvalue weighted by atomic mass is 32.2. The van der Waals surface area contributed by atoms with Crippen LogP contribution in [-0.2, 0) is 17.5 Å². The molecule has 0 aliphatic carbocycles. The molecule has 0 radical (unpaired) electrons. The van der Waals surface area contributed by atoms with E-state index >= 15 is 13.2 Å². The van der Waals surface area contributed by atoms with E-state index in [0.29, 0.717) is 5.65 Å². The molecule has 16 heteroatoms. The van der Waals surface area contributed by atoms with Gasteiger partial charge in [0.15, 0.2) is 5.65 Å². The number of thioether (sulfide) groups is 1. The van der Waals surface area contributed by atoms with E-state index in [4.69, 9.17) is 4.74 Å². The summed E-state index contributed by atoms with van der Waals surface area (Å²) in [6.45, 7) is 9.12. The fourth-order valence-corrected chi connectivity index (χ4v) is 8.35. The molecule has 3 aromatic heterocycles. The molecule has 0 unspecified atom stereocenters. The highest BCUT2D eigenvalue weighted by molar-refractivity contribution is 7.99. The van der Waals surface area contributed by atoms with E-state index in [1.807, 2.05) is 0 Å². The van der Waals surface area contributed by atoms with Gasteiger partial charge in [0.2, 0.25) is 0 Å². The minimum Gasteiger partial charge on any atom is -0.444 e. The molecule has 5 aromatic rings. The zero-order chi connectivity index (χ0) is 36.6. The lowest BCUT2D eigenvalue weighted by molar-refractivity contribution is -0.137. The molecule has 2 aliphatic heterocycles. The second-order valence-corrected chi connectivity index (χ2v) is 15.0. The van der Waals surface area contributed by atoms with E-state index in [9.17, 15) is 18.8 Å². The number of nitrogens with zero attached hydrogens (tertiary/aromatic N) is 7. The molecule has 51 heavy (non-hydrogen) atoms. The number of pyridine rings is 1. The average molecular weight is 726 g/mol. The van der Waals surface area contributed by atoms with Crippen LogP contribution in [0.1, 0.15) is 46.2 Å². The fourth-order valence-electron chi connectivity index (χ4n) is 7.01. The van der Waals surface area contributed by atoms with Gasteiger partial charge in [-0.15, -0.1) is 16.9 Å². The number of anilines is 1. The van der Waals surface area contributed by atoms with Crippen LogP contribution in [-0.4, -0.2) is 71.3 Å². The van der Waals surface area contributed by atoms with Crippen molar-refractivity contribution in [1.29, 1.82) is 0 Å². The normalized spacial score (nSPS) is 19.8. The Morgan fingerprint density at radius 2 is 1.67 bits per heavy atom. The molecule has 0 saturated carbocycles. The molecular weight excluding hydrogens is 690 g/mol. The van der Waals surface area contributed by atoms with Gasteiger partial charge in [-0.05, 0) is 70.5 Å². The first-order valence-electron chi connectivity index (χ1n) is 16.4. The van der Waals surface area contributed by atoms with E-state index in [1.54, 1.807) is 68.8 Å². The van der Waals surface area contributed by atoms with Gasteiger partial charge in [-0.3, -0.25) is 13.9 Å². The molecule has 2 aliphatic rings. The summed E-state index contributed by atoms with van der Waals surface area (Å²) in [5.74, 6) is -0.474. The number of benzene rings is 2. The van der Waals surface area contributed by atoms with Gasteiger partial charge >= 0.3 is 23.6 Å². The quantitative estimate of drug-likeness (QED) is 0.202. The monoisotopic (exact) mass is 725 g/mol. The van der Waals surface area contributed by atoms with Crippen LogP contribution in [0.5, 0.6) is 0 Å². The van der Waals surface area contributed by atoms with Gasteiger partial charge in [0.1, 0.15) is 17.2 Å². The Hall–Kier alpha value is -4.86. The van der Waals surface area contributed by atoms with Crippen LogP contribution in [0, 0.1) is 5.82 Å². The highest BCUT2D eigenvalue weighted by Crippen LogP contribution is 2.49. The number of rotatable bonds is 3. The van der Waals surface area contributed by atoms with Crippen LogP contribution in [0.25, 0.3) is 27.7 Å². The smallest absolute Gasteiger partial charge is 0.417 e. The number of hydrogen-bond donors (Lipinski definition) is 0. The van der Waals surface area contributed by atoms with Crippen LogP contribution in [0.4, 0.5) is 28.2 Å². The van der Waals surface area contributed by atoms with Gasteiger partial charge in [-0.1, -0.05) is 18.2 Å². The number of carbonyl (C=O) groups is 1. The lowest BCUT2D eigenvalue weighted by Crippen LogP contribution is -2.59. The van der Waals surface area contributed by atoms with Crippen LogP contribution in [0.15, 0.2) is 69.2 Å². The predicted octanol–water partition coefficient (Wildman–Crippen LogP) is 6.21. The highest BCUT2D eigenvalue weighted by Gasteiger charge is 2.41. The molecule has 3 atom stereocenters. The largest absolute Gasteiger partial charge is 0.444 e. The molecule has 11 nitrogen and oxygen atoms in total. The maximum Gasteiger partial charge on any atom is 0.417 e.